The minimum atomic E-state index is -4.76. The highest BCUT2D eigenvalue weighted by molar-refractivity contribution is 6.31. The van der Waals surface area contributed by atoms with Crippen LogP contribution in [0, 0.1) is 17.8 Å². The first-order chi connectivity index (χ1) is 46.3. The lowest BCUT2D eigenvalue weighted by Crippen LogP contribution is -2.65. The van der Waals surface area contributed by atoms with Crippen LogP contribution in [-0.2, 0) is 74.9 Å². The third kappa shape index (κ3) is 18.8. The number of carbonyl (C=O) groups is 12. The predicted molar refractivity (Wildman–Crippen MR) is 357 cm³/mol. The van der Waals surface area contributed by atoms with Gasteiger partial charge in [-0.2, -0.15) is 13.2 Å². The molecule has 3 aliphatic heterocycles. The zero-order valence-electron chi connectivity index (χ0n) is 58.9. The Bertz CT molecular complexity index is 3070. The zero-order chi connectivity index (χ0) is 72.1. The first kappa shape index (κ1) is 78.2. The van der Waals surface area contributed by atoms with Gasteiger partial charge in [-0.25, -0.2) is 0 Å². The van der Waals surface area contributed by atoms with E-state index in [0.29, 0.717) is 83.7 Å². The van der Waals surface area contributed by atoms with E-state index in [2.05, 4.69) is 16.0 Å². The average molecular weight is 1400 g/mol. The number of nitrogens with zero attached hydrogens (tertiary/aromatic N) is 9. The number of alkyl halides is 3. The molecule has 29 heteroatoms. The van der Waals surface area contributed by atoms with Crippen LogP contribution in [-0.4, -0.2) is 265 Å². The van der Waals surface area contributed by atoms with Gasteiger partial charge in [-0.3, -0.25) is 57.5 Å². The van der Waals surface area contributed by atoms with Gasteiger partial charge in [0.15, 0.2) is 0 Å². The van der Waals surface area contributed by atoms with Crippen molar-refractivity contribution in [2.24, 2.45) is 17.8 Å². The van der Waals surface area contributed by atoms with E-state index in [9.17, 15) is 46.7 Å². The molecule has 0 radical (unpaired) electrons. The highest BCUT2D eigenvalue weighted by atomic mass is 35.5. The lowest BCUT2D eigenvalue weighted by Gasteiger charge is -2.43. The van der Waals surface area contributed by atoms with Gasteiger partial charge in [0.25, 0.3) is 0 Å². The van der Waals surface area contributed by atoms with E-state index in [1.165, 1.54) is 75.0 Å². The van der Waals surface area contributed by atoms with Crippen molar-refractivity contribution in [3.05, 3.63) is 34.3 Å². The molecule has 98 heavy (non-hydrogen) atoms. The number of hydrogen-bond acceptors (Lipinski definition) is 13. The Kier molecular flexibility index (Phi) is 27.8. The number of benzene rings is 1. The van der Waals surface area contributed by atoms with Crippen LogP contribution in [0.4, 0.5) is 13.2 Å². The van der Waals surface area contributed by atoms with Crippen LogP contribution >= 0.6 is 11.6 Å². The summed E-state index contributed by atoms with van der Waals surface area (Å²) in [7, 11) is 9.78. The molecule has 3 saturated heterocycles. The number of amides is 12. The molecule has 546 valence electrons. The number of rotatable bonds is 12. The minimum Gasteiger partial charge on any atom is -0.379 e. The van der Waals surface area contributed by atoms with Crippen molar-refractivity contribution in [2.45, 2.75) is 210 Å². The van der Waals surface area contributed by atoms with Crippen LogP contribution < -0.4 is 16.0 Å². The molecular weight excluding hydrogens is 1300 g/mol. The third-order valence-electron chi connectivity index (χ3n) is 21.3. The first-order valence-corrected chi connectivity index (χ1v) is 35.5. The van der Waals surface area contributed by atoms with E-state index in [1.54, 1.807) is 11.8 Å². The van der Waals surface area contributed by atoms with Gasteiger partial charge >= 0.3 is 6.18 Å². The lowest BCUT2D eigenvalue weighted by molar-refractivity contribution is -0.157. The Balaban J connectivity index is 1.28. The zero-order valence-corrected chi connectivity index (χ0v) is 59.6. The second kappa shape index (κ2) is 34.8. The second-order valence-corrected chi connectivity index (χ2v) is 28.6. The molecule has 3 aliphatic carbocycles. The van der Waals surface area contributed by atoms with Gasteiger partial charge in [-0.05, 0) is 119 Å². The second-order valence-electron chi connectivity index (χ2n) is 28.1. The summed E-state index contributed by atoms with van der Waals surface area (Å²) in [5.74, 6) is -9.18. The minimum absolute atomic E-state index is 0.0252. The van der Waals surface area contributed by atoms with Gasteiger partial charge in [0, 0.05) is 75.6 Å². The molecule has 1 unspecified atom stereocenters. The number of ether oxygens (including phenoxy) is 1. The number of nitrogens with one attached hydrogen (secondary N) is 3. The van der Waals surface area contributed by atoms with E-state index in [-0.39, 0.29) is 63.3 Å². The van der Waals surface area contributed by atoms with E-state index in [0.717, 1.165) is 57.4 Å². The monoisotopic (exact) mass is 1400 g/mol. The van der Waals surface area contributed by atoms with Crippen molar-refractivity contribution in [1.29, 1.82) is 0 Å². The molecule has 0 bridgehead atoms. The maximum absolute atomic E-state index is 15.7. The summed E-state index contributed by atoms with van der Waals surface area (Å²) in [6.45, 7) is 4.24. The van der Waals surface area contributed by atoms with Crippen molar-refractivity contribution in [3.8, 4) is 0 Å². The van der Waals surface area contributed by atoms with E-state index in [1.807, 2.05) is 13.8 Å². The molecule has 0 aromatic heterocycles. The molecule has 12 amide bonds. The van der Waals surface area contributed by atoms with Crippen LogP contribution in [0.15, 0.2) is 18.2 Å². The Morgan fingerprint density at radius 3 is 1.87 bits per heavy atom. The maximum atomic E-state index is 15.7. The van der Waals surface area contributed by atoms with Crippen molar-refractivity contribution in [3.63, 3.8) is 0 Å². The van der Waals surface area contributed by atoms with E-state index < -0.39 is 173 Å². The van der Waals surface area contributed by atoms with Crippen molar-refractivity contribution in [2.75, 3.05) is 102 Å². The van der Waals surface area contributed by atoms with E-state index in [4.69, 9.17) is 16.3 Å². The maximum Gasteiger partial charge on any atom is 0.417 e. The SMILES string of the molecule is CCCOC[C@H]1C(=O)N(C)CC(=O)N[C@@H](CCc2ccc(C(F)(F)F)c(Cl)c2)C(=O)N2CCCC2C(=O)NC2(CCCC2)C(=O)N(C)[C@@H](C2CCCCC2)C(=O)N(C)[C@H](C(=O)N2CCCC2)CC(=O)N(C)[C@@H](C2CCC2)C(=O)N[C@@H]([C@@H](C)CC)C(=O)N(C)CC(=O)N(C)CC(=O)N1C. The molecule has 8 atom stereocenters. The fourth-order valence-electron chi connectivity index (χ4n) is 14.7. The molecule has 3 saturated carbocycles. The molecule has 25 nitrogen and oxygen atoms in total. The first-order valence-electron chi connectivity index (χ1n) is 35.1. The number of likely N-dealkylation sites (N-methyl/N-ethyl adjacent to an activating group) is 7. The van der Waals surface area contributed by atoms with Crippen LogP contribution in [0.3, 0.4) is 0 Å². The van der Waals surface area contributed by atoms with Crippen molar-refractivity contribution >= 4 is 82.5 Å². The van der Waals surface area contributed by atoms with Gasteiger partial charge in [-0.1, -0.05) is 83.4 Å². The summed E-state index contributed by atoms with van der Waals surface area (Å²) in [5.41, 5.74) is -2.37. The molecule has 1 aromatic rings. The van der Waals surface area contributed by atoms with Gasteiger partial charge < -0.3 is 64.8 Å². The molecule has 3 heterocycles. The molecule has 3 N–H and O–H groups in total. The summed E-state index contributed by atoms with van der Waals surface area (Å²) < 4.78 is 47.3. The Hall–Kier alpha value is -7.10. The Morgan fingerprint density at radius 1 is 0.643 bits per heavy atom. The third-order valence-corrected chi connectivity index (χ3v) is 21.6. The van der Waals surface area contributed by atoms with Gasteiger partial charge in [0.05, 0.1) is 43.2 Å². The highest BCUT2D eigenvalue weighted by Crippen LogP contribution is 2.39. The molecule has 1 spiro atoms. The molecule has 1 aromatic carbocycles. The van der Waals surface area contributed by atoms with Gasteiger partial charge in [-0.15, -0.1) is 0 Å². The number of aryl methyl sites for hydroxylation is 1. The topological polar surface area (TPSA) is 279 Å². The quantitative estimate of drug-likeness (QED) is 0.247. The largest absolute Gasteiger partial charge is 0.417 e. The summed E-state index contributed by atoms with van der Waals surface area (Å²) in [6.07, 6.45) is 3.94. The summed E-state index contributed by atoms with van der Waals surface area (Å²) in [5, 5.41) is 8.12. The van der Waals surface area contributed by atoms with E-state index >= 15 is 24.0 Å². The number of halogens is 4. The number of carbonyl (C=O) groups excluding carboxylic acids is 12. The van der Waals surface area contributed by atoms with Crippen LogP contribution in [0.2, 0.25) is 5.02 Å². The molecule has 6 aliphatic rings. The van der Waals surface area contributed by atoms with Crippen LogP contribution in [0.5, 0.6) is 0 Å². The van der Waals surface area contributed by atoms with Crippen LogP contribution in [0.1, 0.15) is 160 Å². The number of fused-ring (bicyclic) bond motifs is 1. The number of hydrogen-bond donors (Lipinski definition) is 3. The molecule has 6 fully saturated rings. The predicted octanol–water partition coefficient (Wildman–Crippen LogP) is 4.24. The molecule has 7 rings (SSSR count). The molecular formula is C69H104ClF3N12O13. The average Bonchev–Trinajstić information content (AvgIpc) is 1.43. The Morgan fingerprint density at radius 2 is 1.27 bits per heavy atom. The fraction of sp³-hybridized carbons (Fsp3) is 0.739. The standard InChI is InChI=1S/C69H104ClF3N12O13/c1-11-36-98-42-52-63(93)78(5)39-53(86)74-49(30-28-44-27-29-47(48(70)37-44)69(71,72)73)62(92)85-35-21-26-50(85)60(90)76-68(31-16-17-32-68)67(97)83(10)59(46-22-14-13-15-23-46)66(96)81(8)51(64(94)84-33-18-19-34-84)38-54(87)82(9)58(45-24-20-25-45)61(91)75-57(43(3)12-2)65(95)79(6)40-55(88)77(4)41-56(89)80(52)7/h27,29,37,43,45-46,49-52,57-59H,11-26,28,30-36,38-42H2,1-10H3,(H,74,86)(H,75,91)(H,76,90)/t43-,49-,50?,51-,52-,57-,58-,59-/m0/s1. The smallest absolute Gasteiger partial charge is 0.379 e. The van der Waals surface area contributed by atoms with Gasteiger partial charge in [0.2, 0.25) is 70.9 Å². The lowest BCUT2D eigenvalue weighted by atomic mass is 9.78. The van der Waals surface area contributed by atoms with Gasteiger partial charge in [0.1, 0.15) is 47.8 Å². The highest BCUT2D eigenvalue weighted by Gasteiger charge is 2.52. The Labute approximate surface area is 579 Å². The number of likely N-dealkylation sites (tertiary alicyclic amines) is 1. The summed E-state index contributed by atoms with van der Waals surface area (Å²) >= 11 is 6.13. The van der Waals surface area contributed by atoms with Crippen LogP contribution in [0.25, 0.3) is 0 Å². The normalized spacial score (nSPS) is 26.8. The van der Waals surface area contributed by atoms with Crippen molar-refractivity contribution in [1.82, 2.24) is 60.0 Å². The summed E-state index contributed by atoms with van der Waals surface area (Å²) in [6, 6.07) is -5.74. The summed E-state index contributed by atoms with van der Waals surface area (Å²) in [4.78, 5) is 189. The van der Waals surface area contributed by atoms with Crippen molar-refractivity contribution < 1.29 is 75.4 Å². The fourth-order valence-corrected chi connectivity index (χ4v) is 15.1.